The molecule has 7 heteroatoms. The molecule has 0 saturated carbocycles. The van der Waals surface area contributed by atoms with Crippen LogP contribution >= 0.6 is 0 Å². The van der Waals surface area contributed by atoms with Crippen LogP contribution < -0.4 is 0 Å². The lowest BCUT2D eigenvalue weighted by Crippen LogP contribution is -2.52. The number of hydrogen-bond acceptors (Lipinski definition) is 3. The molecule has 0 bridgehead atoms. The third kappa shape index (κ3) is 5.12. The van der Waals surface area contributed by atoms with Gasteiger partial charge in [-0.1, -0.05) is 0 Å². The fourth-order valence-electron chi connectivity index (χ4n) is 3.34. The molecule has 0 aliphatic carbocycles. The summed E-state index contributed by atoms with van der Waals surface area (Å²) in [5.74, 6) is 0.663. The predicted octanol–water partition coefficient (Wildman–Crippen LogP) is 1.81. The topological polar surface area (TPSA) is 26.8 Å². The van der Waals surface area contributed by atoms with Gasteiger partial charge in [0.15, 0.2) is 0 Å². The molecule has 128 valence electrons. The Morgan fingerprint density at radius 1 is 1.14 bits per heavy atom. The number of nitrogens with zero attached hydrogens (tertiary/aromatic N) is 3. The second-order valence-electron chi connectivity index (χ2n) is 6.74. The van der Waals surface area contributed by atoms with Crippen LogP contribution in [0.25, 0.3) is 0 Å². The first-order chi connectivity index (χ1) is 10.2. The minimum atomic E-state index is -4.11. The van der Waals surface area contributed by atoms with E-state index in [-0.39, 0.29) is 11.9 Å². The third-order valence-corrected chi connectivity index (χ3v) is 4.55. The zero-order valence-corrected chi connectivity index (χ0v) is 13.4. The molecule has 1 amide bonds. The van der Waals surface area contributed by atoms with Crippen molar-refractivity contribution in [2.45, 2.75) is 38.9 Å². The van der Waals surface area contributed by atoms with E-state index in [1.165, 1.54) is 4.90 Å². The first-order valence-corrected chi connectivity index (χ1v) is 8.05. The zero-order valence-electron chi connectivity index (χ0n) is 13.4. The Morgan fingerprint density at radius 3 is 2.27 bits per heavy atom. The monoisotopic (exact) mass is 321 g/mol. The van der Waals surface area contributed by atoms with Gasteiger partial charge in [0.25, 0.3) is 0 Å². The maximum absolute atomic E-state index is 12.4. The largest absolute Gasteiger partial charge is 0.401 e. The molecule has 2 aliphatic rings. The van der Waals surface area contributed by atoms with Crippen molar-refractivity contribution < 1.29 is 18.0 Å². The lowest BCUT2D eigenvalue weighted by molar-refractivity contribution is -0.149. The van der Waals surface area contributed by atoms with E-state index >= 15 is 0 Å². The lowest BCUT2D eigenvalue weighted by atomic mass is 9.95. The summed E-state index contributed by atoms with van der Waals surface area (Å²) in [5.41, 5.74) is 0. The van der Waals surface area contributed by atoms with Gasteiger partial charge in [0.2, 0.25) is 5.91 Å². The molecular formula is C15H26F3N3O. The van der Waals surface area contributed by atoms with Crippen molar-refractivity contribution in [3.05, 3.63) is 0 Å². The molecule has 2 fully saturated rings. The van der Waals surface area contributed by atoms with Gasteiger partial charge in [0.05, 0.1) is 6.54 Å². The van der Waals surface area contributed by atoms with E-state index in [9.17, 15) is 18.0 Å². The van der Waals surface area contributed by atoms with Crippen LogP contribution in [0.15, 0.2) is 0 Å². The fraction of sp³-hybridized carbons (Fsp3) is 0.933. The molecule has 22 heavy (non-hydrogen) atoms. The zero-order chi connectivity index (χ0) is 16.3. The van der Waals surface area contributed by atoms with Crippen molar-refractivity contribution in [2.75, 3.05) is 45.8 Å². The van der Waals surface area contributed by atoms with Crippen LogP contribution in [0.5, 0.6) is 0 Å². The van der Waals surface area contributed by atoms with Crippen LogP contribution in [0.3, 0.4) is 0 Å². The van der Waals surface area contributed by atoms with Gasteiger partial charge in [-0.25, -0.2) is 0 Å². The number of alkyl halides is 3. The highest BCUT2D eigenvalue weighted by Gasteiger charge is 2.33. The number of likely N-dealkylation sites (tertiary alicyclic amines) is 1. The minimum Gasteiger partial charge on any atom is -0.340 e. The molecule has 0 N–H and O–H groups in total. The summed E-state index contributed by atoms with van der Waals surface area (Å²) < 4.78 is 37.1. The molecule has 4 nitrogen and oxygen atoms in total. The van der Waals surface area contributed by atoms with Crippen LogP contribution in [0, 0.1) is 5.92 Å². The summed E-state index contributed by atoms with van der Waals surface area (Å²) in [6.45, 7) is 7.21. The quantitative estimate of drug-likeness (QED) is 0.790. The summed E-state index contributed by atoms with van der Waals surface area (Å²) in [4.78, 5) is 17.5. The summed E-state index contributed by atoms with van der Waals surface area (Å²) in [7, 11) is 0. The standard InChI is InChI=1S/C15H26F3N3O/c1-12(2)21-10-13(3-4-14(21)22)9-19-5-7-20(8-6-19)11-15(16,17)18/h12-13H,3-11H2,1-2H3. The second kappa shape index (κ2) is 7.17. The first-order valence-electron chi connectivity index (χ1n) is 8.05. The van der Waals surface area contributed by atoms with E-state index in [0.29, 0.717) is 38.5 Å². The summed E-state index contributed by atoms with van der Waals surface area (Å²) in [5, 5.41) is 0. The lowest BCUT2D eigenvalue weighted by Gasteiger charge is -2.40. The molecule has 0 radical (unpaired) electrons. The number of piperidine rings is 1. The van der Waals surface area contributed by atoms with Crippen molar-refractivity contribution in [3.63, 3.8) is 0 Å². The molecular weight excluding hydrogens is 295 g/mol. The minimum absolute atomic E-state index is 0.221. The Hall–Kier alpha value is -0.820. The van der Waals surface area contributed by atoms with Crippen molar-refractivity contribution in [1.29, 1.82) is 0 Å². The van der Waals surface area contributed by atoms with Gasteiger partial charge in [0, 0.05) is 51.7 Å². The Balaban J connectivity index is 1.75. The van der Waals surface area contributed by atoms with Crippen LogP contribution in [0.1, 0.15) is 26.7 Å². The predicted molar refractivity (Wildman–Crippen MR) is 78.5 cm³/mol. The average Bonchev–Trinajstić information content (AvgIpc) is 2.41. The molecule has 1 unspecified atom stereocenters. The summed E-state index contributed by atoms with van der Waals surface area (Å²) in [6, 6.07) is 0.221. The summed E-state index contributed by atoms with van der Waals surface area (Å²) >= 11 is 0. The van der Waals surface area contributed by atoms with E-state index in [0.717, 1.165) is 19.5 Å². The Bertz CT molecular complexity index is 379. The van der Waals surface area contributed by atoms with Crippen LogP contribution in [-0.4, -0.2) is 78.6 Å². The average molecular weight is 321 g/mol. The van der Waals surface area contributed by atoms with Crippen molar-refractivity contribution in [3.8, 4) is 0 Å². The van der Waals surface area contributed by atoms with Gasteiger partial charge >= 0.3 is 6.18 Å². The smallest absolute Gasteiger partial charge is 0.340 e. The van der Waals surface area contributed by atoms with E-state index < -0.39 is 12.7 Å². The highest BCUT2D eigenvalue weighted by Crippen LogP contribution is 2.22. The molecule has 2 heterocycles. The Morgan fingerprint density at radius 2 is 1.73 bits per heavy atom. The molecule has 0 aromatic carbocycles. The van der Waals surface area contributed by atoms with Crippen LogP contribution in [-0.2, 0) is 4.79 Å². The third-order valence-electron chi connectivity index (χ3n) is 4.55. The molecule has 2 rings (SSSR count). The number of carbonyl (C=O) groups is 1. The second-order valence-corrected chi connectivity index (χ2v) is 6.74. The number of carbonyl (C=O) groups excluding carboxylic acids is 1. The number of hydrogen-bond donors (Lipinski definition) is 0. The maximum Gasteiger partial charge on any atom is 0.401 e. The molecule has 2 saturated heterocycles. The van der Waals surface area contributed by atoms with Gasteiger partial charge in [-0.05, 0) is 26.2 Å². The van der Waals surface area contributed by atoms with Crippen molar-refractivity contribution in [2.24, 2.45) is 5.92 Å². The normalized spacial score (nSPS) is 26.0. The fourth-order valence-corrected chi connectivity index (χ4v) is 3.34. The van der Waals surface area contributed by atoms with Gasteiger partial charge < -0.3 is 9.80 Å². The van der Waals surface area contributed by atoms with Crippen molar-refractivity contribution >= 4 is 5.91 Å². The van der Waals surface area contributed by atoms with Gasteiger partial charge in [-0.15, -0.1) is 0 Å². The molecule has 0 aromatic heterocycles. The number of halogens is 3. The highest BCUT2D eigenvalue weighted by molar-refractivity contribution is 5.77. The van der Waals surface area contributed by atoms with Crippen LogP contribution in [0.4, 0.5) is 13.2 Å². The van der Waals surface area contributed by atoms with Gasteiger partial charge in [-0.3, -0.25) is 9.69 Å². The van der Waals surface area contributed by atoms with E-state index in [1.54, 1.807) is 0 Å². The van der Waals surface area contributed by atoms with Gasteiger partial charge in [0.1, 0.15) is 0 Å². The van der Waals surface area contributed by atoms with Crippen LogP contribution in [0.2, 0.25) is 0 Å². The SMILES string of the molecule is CC(C)N1CC(CN2CCN(CC(F)(F)F)CC2)CCC1=O. The first kappa shape index (κ1) is 17.5. The number of rotatable bonds is 4. The van der Waals surface area contributed by atoms with Crippen molar-refractivity contribution in [1.82, 2.24) is 14.7 Å². The van der Waals surface area contributed by atoms with E-state index in [1.807, 2.05) is 18.7 Å². The maximum atomic E-state index is 12.4. The van der Waals surface area contributed by atoms with E-state index in [2.05, 4.69) is 4.90 Å². The summed E-state index contributed by atoms with van der Waals surface area (Å²) in [6.07, 6.45) is -2.62. The molecule has 0 aromatic rings. The Labute approximate surface area is 130 Å². The number of piperazine rings is 1. The van der Waals surface area contributed by atoms with Gasteiger partial charge in [-0.2, -0.15) is 13.2 Å². The Kier molecular flexibility index (Phi) is 5.71. The molecule has 1 atom stereocenters. The number of amides is 1. The highest BCUT2D eigenvalue weighted by atomic mass is 19.4. The molecule has 0 spiro atoms. The van der Waals surface area contributed by atoms with E-state index in [4.69, 9.17) is 0 Å². The molecule has 2 aliphatic heterocycles.